The number of hydrogen-bond donors (Lipinski definition) is 1. The van der Waals surface area contributed by atoms with Crippen molar-refractivity contribution in [1.29, 1.82) is 0 Å². The smallest absolute Gasteiger partial charge is 0.331 e. The lowest BCUT2D eigenvalue weighted by atomic mass is 10.1. The Morgan fingerprint density at radius 3 is 2.41 bits per heavy atom. The van der Waals surface area contributed by atoms with Gasteiger partial charge in [-0.25, -0.2) is 4.79 Å². The molecule has 2 aromatic rings. The number of ether oxygens (including phenoxy) is 3. The van der Waals surface area contributed by atoms with Crippen molar-refractivity contribution in [3.8, 4) is 11.5 Å². The highest BCUT2D eigenvalue weighted by Crippen LogP contribution is 2.28. The summed E-state index contributed by atoms with van der Waals surface area (Å²) in [4.78, 5) is 24.5. The number of methoxy groups -OCH3 is 1. The number of anilines is 1. The van der Waals surface area contributed by atoms with Crippen LogP contribution in [0, 0.1) is 13.8 Å². The monoisotopic (exact) mass is 397 g/mol. The minimum absolute atomic E-state index is 0.383. The zero-order valence-electron chi connectivity index (χ0n) is 17.4. The molecule has 154 valence electrons. The van der Waals surface area contributed by atoms with Crippen molar-refractivity contribution in [2.75, 3.05) is 19.0 Å². The van der Waals surface area contributed by atoms with E-state index in [2.05, 4.69) is 5.32 Å². The Hall–Kier alpha value is -3.28. The van der Waals surface area contributed by atoms with Crippen LogP contribution in [-0.4, -0.2) is 31.7 Å². The van der Waals surface area contributed by atoms with Gasteiger partial charge in [-0.3, -0.25) is 4.79 Å². The lowest BCUT2D eigenvalue weighted by Crippen LogP contribution is -2.30. The van der Waals surface area contributed by atoms with Crippen LogP contribution in [0.3, 0.4) is 0 Å². The van der Waals surface area contributed by atoms with Crippen LogP contribution in [-0.2, 0) is 14.3 Å². The van der Waals surface area contributed by atoms with E-state index < -0.39 is 12.1 Å². The number of amides is 1. The lowest BCUT2D eigenvalue weighted by molar-refractivity contribution is -0.148. The van der Waals surface area contributed by atoms with Crippen molar-refractivity contribution in [2.45, 2.75) is 33.8 Å². The maximum atomic E-state index is 12.4. The summed E-state index contributed by atoms with van der Waals surface area (Å²) in [5.41, 5.74) is 3.37. The van der Waals surface area contributed by atoms with Crippen molar-refractivity contribution in [3.05, 3.63) is 59.2 Å². The van der Waals surface area contributed by atoms with E-state index >= 15 is 0 Å². The van der Waals surface area contributed by atoms with Crippen LogP contribution in [0.1, 0.15) is 30.5 Å². The summed E-state index contributed by atoms with van der Waals surface area (Å²) in [5, 5.41) is 2.82. The Labute approximate surface area is 171 Å². The second-order valence-electron chi connectivity index (χ2n) is 6.51. The summed E-state index contributed by atoms with van der Waals surface area (Å²) < 4.78 is 16.0. The predicted molar refractivity (Wildman–Crippen MR) is 113 cm³/mol. The van der Waals surface area contributed by atoms with Gasteiger partial charge in [-0.2, -0.15) is 0 Å². The summed E-state index contributed by atoms with van der Waals surface area (Å²) >= 11 is 0. The summed E-state index contributed by atoms with van der Waals surface area (Å²) in [5.74, 6) is 0.212. The van der Waals surface area contributed by atoms with Crippen molar-refractivity contribution < 1.29 is 23.8 Å². The highest BCUT2D eigenvalue weighted by atomic mass is 16.5. The van der Waals surface area contributed by atoms with Crippen LogP contribution < -0.4 is 14.8 Å². The Bertz CT molecular complexity index is 884. The molecule has 0 aliphatic heterocycles. The molecule has 2 rings (SSSR count). The summed E-state index contributed by atoms with van der Waals surface area (Å²) in [6.45, 7) is 7.77. The summed E-state index contributed by atoms with van der Waals surface area (Å²) in [7, 11) is 1.55. The van der Waals surface area contributed by atoms with Gasteiger partial charge in [0.05, 0.1) is 13.7 Å². The number of para-hydroxylation sites is 1. The highest BCUT2D eigenvalue weighted by molar-refractivity contribution is 5.97. The number of nitrogens with one attached hydrogen (secondary N) is 1. The van der Waals surface area contributed by atoms with Gasteiger partial charge in [0.15, 0.2) is 17.6 Å². The molecule has 1 atom stereocenters. The number of carbonyl (C=O) groups is 2. The van der Waals surface area contributed by atoms with E-state index in [-0.39, 0.29) is 5.91 Å². The molecule has 2 aromatic carbocycles. The second kappa shape index (κ2) is 10.3. The molecule has 0 aromatic heterocycles. The van der Waals surface area contributed by atoms with Gasteiger partial charge in [-0.05, 0) is 62.6 Å². The first kappa shape index (κ1) is 22.0. The average Bonchev–Trinajstić information content (AvgIpc) is 2.70. The quantitative estimate of drug-likeness (QED) is 0.531. The molecule has 0 bridgehead atoms. The van der Waals surface area contributed by atoms with Gasteiger partial charge < -0.3 is 19.5 Å². The van der Waals surface area contributed by atoms with E-state index in [4.69, 9.17) is 14.2 Å². The van der Waals surface area contributed by atoms with Gasteiger partial charge in [0.1, 0.15) is 0 Å². The third-order valence-electron chi connectivity index (χ3n) is 4.29. The standard InChI is InChI=1S/C23H27NO5/c1-6-28-19-12-10-18(14-20(19)27-5)11-13-21(25)29-17(4)23(26)24-22-15(2)8-7-9-16(22)3/h7-14,17H,6H2,1-5H3,(H,24,26)/b13-11+/t17-/m0/s1. The predicted octanol–water partition coefficient (Wildman–Crippen LogP) is 4.29. The van der Waals surface area contributed by atoms with Gasteiger partial charge >= 0.3 is 5.97 Å². The molecule has 0 radical (unpaired) electrons. The van der Waals surface area contributed by atoms with Gasteiger partial charge in [-0.1, -0.05) is 24.3 Å². The number of benzene rings is 2. The van der Waals surface area contributed by atoms with Crippen molar-refractivity contribution >= 4 is 23.6 Å². The van der Waals surface area contributed by atoms with Crippen LogP contribution in [0.2, 0.25) is 0 Å². The topological polar surface area (TPSA) is 73.9 Å². The van der Waals surface area contributed by atoms with Gasteiger partial charge in [0.2, 0.25) is 0 Å². The van der Waals surface area contributed by atoms with Crippen LogP contribution in [0.4, 0.5) is 5.69 Å². The normalized spacial score (nSPS) is 11.8. The van der Waals surface area contributed by atoms with E-state index in [1.165, 1.54) is 13.0 Å². The number of rotatable bonds is 8. The lowest BCUT2D eigenvalue weighted by Gasteiger charge is -2.15. The Balaban J connectivity index is 1.98. The second-order valence-corrected chi connectivity index (χ2v) is 6.51. The van der Waals surface area contributed by atoms with Crippen molar-refractivity contribution in [1.82, 2.24) is 0 Å². The molecule has 0 spiro atoms. The fourth-order valence-corrected chi connectivity index (χ4v) is 2.73. The Morgan fingerprint density at radius 2 is 1.79 bits per heavy atom. The van der Waals surface area contributed by atoms with Crippen LogP contribution in [0.15, 0.2) is 42.5 Å². The summed E-state index contributed by atoms with van der Waals surface area (Å²) in [6.07, 6.45) is 1.94. The third-order valence-corrected chi connectivity index (χ3v) is 4.29. The van der Waals surface area contributed by atoms with E-state index in [0.717, 1.165) is 22.4 Å². The molecule has 6 nitrogen and oxygen atoms in total. The number of aryl methyl sites for hydroxylation is 2. The Kier molecular flexibility index (Phi) is 7.83. The van der Waals surface area contributed by atoms with E-state index in [0.29, 0.717) is 18.1 Å². The average molecular weight is 397 g/mol. The SMILES string of the molecule is CCOc1ccc(/C=C/C(=O)O[C@@H](C)C(=O)Nc2c(C)cccc2C)cc1OC. The highest BCUT2D eigenvalue weighted by Gasteiger charge is 2.18. The van der Waals surface area contributed by atoms with Gasteiger partial charge in [0.25, 0.3) is 5.91 Å². The van der Waals surface area contributed by atoms with Crippen molar-refractivity contribution in [3.63, 3.8) is 0 Å². The first-order chi connectivity index (χ1) is 13.8. The van der Waals surface area contributed by atoms with E-state index in [1.54, 1.807) is 31.4 Å². The molecular weight excluding hydrogens is 370 g/mol. The minimum atomic E-state index is -0.930. The maximum absolute atomic E-state index is 12.4. The molecule has 29 heavy (non-hydrogen) atoms. The molecule has 0 heterocycles. The maximum Gasteiger partial charge on any atom is 0.331 e. The molecular formula is C23H27NO5. The van der Waals surface area contributed by atoms with E-state index in [9.17, 15) is 9.59 Å². The molecule has 0 unspecified atom stereocenters. The zero-order valence-corrected chi connectivity index (χ0v) is 17.4. The van der Waals surface area contributed by atoms with Crippen molar-refractivity contribution in [2.24, 2.45) is 0 Å². The first-order valence-corrected chi connectivity index (χ1v) is 9.42. The van der Waals surface area contributed by atoms with E-state index in [1.807, 2.05) is 39.0 Å². The molecule has 1 amide bonds. The number of carbonyl (C=O) groups excluding carboxylic acids is 2. The molecule has 0 saturated carbocycles. The van der Waals surface area contributed by atoms with Crippen LogP contribution in [0.5, 0.6) is 11.5 Å². The summed E-state index contributed by atoms with van der Waals surface area (Å²) in [6, 6.07) is 11.1. The minimum Gasteiger partial charge on any atom is -0.493 e. The number of hydrogen-bond acceptors (Lipinski definition) is 5. The first-order valence-electron chi connectivity index (χ1n) is 9.42. The fraction of sp³-hybridized carbons (Fsp3) is 0.304. The van der Waals surface area contributed by atoms with Gasteiger partial charge in [-0.15, -0.1) is 0 Å². The van der Waals surface area contributed by atoms with Crippen LogP contribution in [0.25, 0.3) is 6.08 Å². The van der Waals surface area contributed by atoms with Gasteiger partial charge in [0, 0.05) is 11.8 Å². The Morgan fingerprint density at radius 1 is 1.10 bits per heavy atom. The third kappa shape index (κ3) is 6.10. The fourth-order valence-electron chi connectivity index (χ4n) is 2.73. The molecule has 6 heteroatoms. The molecule has 1 N–H and O–H groups in total. The zero-order chi connectivity index (χ0) is 21.4. The molecule has 0 fully saturated rings. The molecule has 0 saturated heterocycles. The molecule has 0 aliphatic rings. The van der Waals surface area contributed by atoms with Crippen LogP contribution >= 0.6 is 0 Å². The largest absolute Gasteiger partial charge is 0.493 e. The number of esters is 1. The molecule has 0 aliphatic carbocycles.